The van der Waals surface area contributed by atoms with Crippen molar-refractivity contribution in [1.82, 2.24) is 5.01 Å². The van der Waals surface area contributed by atoms with Gasteiger partial charge in [0.25, 0.3) is 5.69 Å². The van der Waals surface area contributed by atoms with Crippen molar-refractivity contribution >= 4 is 11.4 Å². The van der Waals surface area contributed by atoms with Crippen molar-refractivity contribution in [2.24, 2.45) is 5.10 Å². The molecule has 7 nitrogen and oxygen atoms in total. The van der Waals surface area contributed by atoms with E-state index in [-0.39, 0.29) is 16.7 Å². The largest absolute Gasteiger partial charge is 0.494 e. The number of hydrogen-bond donors (Lipinski definition) is 0. The number of non-ortho nitro benzene ring substituents is 1. The van der Waals surface area contributed by atoms with Gasteiger partial charge >= 0.3 is 0 Å². The lowest BCUT2D eigenvalue weighted by atomic mass is 9.96. The molecular weight excluding hydrogens is 418 g/mol. The molecule has 0 amide bonds. The van der Waals surface area contributed by atoms with E-state index in [1.165, 1.54) is 6.07 Å². The molecule has 0 saturated carbocycles. The summed E-state index contributed by atoms with van der Waals surface area (Å²) in [6.45, 7) is 2.86. The van der Waals surface area contributed by atoms with Gasteiger partial charge in [0.2, 0.25) is 6.23 Å². The molecule has 2 aliphatic heterocycles. The zero-order chi connectivity index (χ0) is 22.8. The molecule has 7 heteroatoms. The highest BCUT2D eigenvalue weighted by atomic mass is 16.6. The van der Waals surface area contributed by atoms with E-state index in [2.05, 4.69) is 13.0 Å². The monoisotopic (exact) mass is 443 g/mol. The van der Waals surface area contributed by atoms with E-state index in [1.54, 1.807) is 12.1 Å². The maximum atomic E-state index is 11.3. The van der Waals surface area contributed by atoms with Crippen LogP contribution in [0.3, 0.4) is 0 Å². The van der Waals surface area contributed by atoms with Crippen LogP contribution in [0.1, 0.15) is 55.1 Å². The number of rotatable bonds is 7. The van der Waals surface area contributed by atoms with Crippen molar-refractivity contribution in [2.45, 2.75) is 38.5 Å². The van der Waals surface area contributed by atoms with Gasteiger partial charge in [0.05, 0.1) is 23.3 Å². The van der Waals surface area contributed by atoms with Gasteiger partial charge in [-0.2, -0.15) is 5.10 Å². The number of hydrazone groups is 1. The minimum Gasteiger partial charge on any atom is -0.494 e. The summed E-state index contributed by atoms with van der Waals surface area (Å²) in [5.41, 5.74) is 3.79. The average molecular weight is 444 g/mol. The molecule has 0 fully saturated rings. The molecule has 0 aliphatic carbocycles. The Morgan fingerprint density at radius 1 is 1.12 bits per heavy atom. The molecule has 0 saturated heterocycles. The molecule has 2 atom stereocenters. The highest BCUT2D eigenvalue weighted by Crippen LogP contribution is 2.47. The average Bonchev–Trinajstić information content (AvgIpc) is 3.30. The first kappa shape index (κ1) is 21.0. The fourth-order valence-electron chi connectivity index (χ4n) is 4.30. The Labute approximate surface area is 192 Å². The number of hydrogen-bond acceptors (Lipinski definition) is 6. The zero-order valence-electron chi connectivity index (χ0n) is 18.4. The first-order valence-electron chi connectivity index (χ1n) is 11.2. The van der Waals surface area contributed by atoms with Crippen LogP contribution < -0.4 is 9.47 Å². The number of fused-ring (bicyclic) bond motifs is 3. The van der Waals surface area contributed by atoms with Crippen molar-refractivity contribution in [3.63, 3.8) is 0 Å². The Morgan fingerprint density at radius 2 is 1.94 bits per heavy atom. The van der Waals surface area contributed by atoms with Gasteiger partial charge in [-0.25, -0.2) is 5.01 Å². The van der Waals surface area contributed by atoms with Crippen LogP contribution in [-0.2, 0) is 0 Å². The standard InChI is InChI=1S/C26H25N3O4/c1-2-3-15-32-21-13-11-18(12-14-21)23-17-24-22-9-4-5-10-25(22)33-26(28(24)27-23)19-7-6-8-20(16-19)29(30)31/h4-14,16,24,26H,2-3,15,17H2,1H3/t24-,26+/m0/s1. The molecule has 2 heterocycles. The number of ether oxygens (including phenoxy) is 2. The van der Waals surface area contributed by atoms with Crippen molar-refractivity contribution < 1.29 is 14.4 Å². The van der Waals surface area contributed by atoms with E-state index in [0.29, 0.717) is 12.2 Å². The Hall–Kier alpha value is -3.87. The molecule has 0 unspecified atom stereocenters. The third-order valence-corrected chi connectivity index (χ3v) is 6.02. The summed E-state index contributed by atoms with van der Waals surface area (Å²) in [6, 6.07) is 22.5. The summed E-state index contributed by atoms with van der Waals surface area (Å²) in [4.78, 5) is 10.9. The molecule has 0 aromatic heterocycles. The molecule has 3 aromatic carbocycles. The molecule has 3 aromatic rings. The summed E-state index contributed by atoms with van der Waals surface area (Å²) < 4.78 is 12.1. The van der Waals surface area contributed by atoms with E-state index in [1.807, 2.05) is 53.5 Å². The predicted octanol–water partition coefficient (Wildman–Crippen LogP) is 6.02. The van der Waals surface area contributed by atoms with Gasteiger partial charge in [0.15, 0.2) is 0 Å². The normalized spacial score (nSPS) is 18.7. The summed E-state index contributed by atoms with van der Waals surface area (Å²) in [7, 11) is 0. The van der Waals surface area contributed by atoms with E-state index < -0.39 is 6.23 Å². The van der Waals surface area contributed by atoms with Crippen LogP contribution in [0.15, 0.2) is 77.9 Å². The van der Waals surface area contributed by atoms with Crippen molar-refractivity contribution in [3.05, 3.63) is 99.6 Å². The lowest BCUT2D eigenvalue weighted by molar-refractivity contribution is -0.385. The molecular formula is C26H25N3O4. The summed E-state index contributed by atoms with van der Waals surface area (Å²) in [6.07, 6.45) is 2.31. The Morgan fingerprint density at radius 3 is 2.73 bits per heavy atom. The molecule has 5 rings (SSSR count). The van der Waals surface area contributed by atoms with Crippen molar-refractivity contribution in [3.8, 4) is 11.5 Å². The van der Waals surface area contributed by atoms with Gasteiger partial charge in [-0.05, 0) is 42.3 Å². The van der Waals surface area contributed by atoms with E-state index >= 15 is 0 Å². The van der Waals surface area contributed by atoms with Gasteiger partial charge in [-0.1, -0.05) is 43.7 Å². The van der Waals surface area contributed by atoms with E-state index in [0.717, 1.165) is 47.6 Å². The lowest BCUT2D eigenvalue weighted by Gasteiger charge is -2.38. The second-order valence-corrected chi connectivity index (χ2v) is 8.23. The smallest absolute Gasteiger partial charge is 0.269 e. The summed E-state index contributed by atoms with van der Waals surface area (Å²) >= 11 is 0. The van der Waals surface area contributed by atoms with E-state index in [9.17, 15) is 10.1 Å². The van der Waals surface area contributed by atoms with Gasteiger partial charge in [-0.3, -0.25) is 10.1 Å². The maximum Gasteiger partial charge on any atom is 0.269 e. The minimum absolute atomic E-state index is 0.00491. The Bertz CT molecular complexity index is 1190. The van der Waals surface area contributed by atoms with Gasteiger partial charge in [0.1, 0.15) is 11.5 Å². The van der Waals surface area contributed by atoms with Gasteiger partial charge < -0.3 is 9.47 Å². The van der Waals surface area contributed by atoms with Crippen LogP contribution in [-0.4, -0.2) is 22.3 Å². The van der Waals surface area contributed by atoms with Gasteiger partial charge in [0, 0.05) is 29.7 Å². The van der Waals surface area contributed by atoms with Crippen LogP contribution in [0.5, 0.6) is 11.5 Å². The van der Waals surface area contributed by atoms with Crippen LogP contribution in [0.25, 0.3) is 0 Å². The number of nitro groups is 1. The molecule has 33 heavy (non-hydrogen) atoms. The summed E-state index contributed by atoms with van der Waals surface area (Å²) in [5, 5.41) is 18.2. The van der Waals surface area contributed by atoms with Crippen LogP contribution >= 0.6 is 0 Å². The summed E-state index contributed by atoms with van der Waals surface area (Å²) in [5.74, 6) is 1.64. The number of unbranched alkanes of at least 4 members (excludes halogenated alkanes) is 1. The highest BCUT2D eigenvalue weighted by molar-refractivity contribution is 6.02. The maximum absolute atomic E-state index is 11.3. The van der Waals surface area contributed by atoms with Crippen LogP contribution in [0, 0.1) is 10.1 Å². The first-order chi connectivity index (χ1) is 16.1. The van der Waals surface area contributed by atoms with Crippen molar-refractivity contribution in [2.75, 3.05) is 6.61 Å². The Kier molecular flexibility index (Phi) is 5.69. The van der Waals surface area contributed by atoms with Gasteiger partial charge in [-0.15, -0.1) is 0 Å². The number of nitrogens with zero attached hydrogens (tertiary/aromatic N) is 3. The van der Waals surface area contributed by atoms with E-state index in [4.69, 9.17) is 14.6 Å². The first-order valence-corrected chi connectivity index (χ1v) is 11.2. The molecule has 0 bridgehead atoms. The molecule has 0 radical (unpaired) electrons. The second kappa shape index (κ2) is 8.94. The second-order valence-electron chi connectivity index (χ2n) is 8.23. The topological polar surface area (TPSA) is 77.2 Å². The fraction of sp³-hybridized carbons (Fsp3) is 0.269. The molecule has 0 spiro atoms. The molecule has 168 valence electrons. The quantitative estimate of drug-likeness (QED) is 0.254. The molecule has 0 N–H and O–H groups in total. The van der Waals surface area contributed by atoms with Crippen LogP contribution in [0.2, 0.25) is 0 Å². The molecule has 2 aliphatic rings. The number of benzene rings is 3. The van der Waals surface area contributed by atoms with Crippen LogP contribution in [0.4, 0.5) is 5.69 Å². The third kappa shape index (κ3) is 4.14. The fourth-order valence-corrected chi connectivity index (χ4v) is 4.30. The predicted molar refractivity (Wildman–Crippen MR) is 125 cm³/mol. The Balaban J connectivity index is 1.47. The highest BCUT2D eigenvalue weighted by Gasteiger charge is 2.41. The SMILES string of the molecule is CCCCOc1ccc(C2=NN3[C@@H](c4cccc([N+](=O)[O-])c4)Oc4ccccc4[C@@H]3C2)cc1. The number of nitro benzene ring substituents is 1. The number of para-hydroxylation sites is 1. The zero-order valence-corrected chi connectivity index (χ0v) is 18.4. The van der Waals surface area contributed by atoms with Crippen molar-refractivity contribution in [1.29, 1.82) is 0 Å². The third-order valence-electron chi connectivity index (χ3n) is 6.02. The minimum atomic E-state index is -0.543. The lowest BCUT2D eigenvalue weighted by Crippen LogP contribution is -2.33.